The lowest BCUT2D eigenvalue weighted by atomic mass is 10.0. The summed E-state index contributed by atoms with van der Waals surface area (Å²) in [6, 6.07) is 1.96. The third-order valence-electron chi connectivity index (χ3n) is 3.90. The molecule has 0 radical (unpaired) electrons. The molecule has 3 heterocycles. The minimum Gasteiger partial charge on any atom is -0.384 e. The molecule has 0 bridgehead atoms. The molecule has 1 fully saturated rings. The number of nitrogens with zero attached hydrogens (tertiary/aromatic N) is 3. The molecule has 3 rings (SSSR count). The van der Waals surface area contributed by atoms with E-state index >= 15 is 0 Å². The van der Waals surface area contributed by atoms with Crippen molar-refractivity contribution in [3.63, 3.8) is 0 Å². The van der Waals surface area contributed by atoms with E-state index in [9.17, 15) is 4.79 Å². The number of hydrogen-bond acceptors (Lipinski definition) is 3. The van der Waals surface area contributed by atoms with Gasteiger partial charge in [-0.25, -0.2) is 0 Å². The number of fused-ring (bicyclic) bond motifs is 1. The van der Waals surface area contributed by atoms with Gasteiger partial charge in [-0.15, -0.1) is 0 Å². The first kappa shape index (κ1) is 16.5. The Hall–Kier alpha value is -1.88. The highest BCUT2D eigenvalue weighted by atomic mass is 16.5. The first-order valence-corrected chi connectivity index (χ1v) is 7.85. The predicted molar refractivity (Wildman–Crippen MR) is 87.8 cm³/mol. The molecule has 120 valence electrons. The number of aromatic nitrogens is 2. The minimum absolute atomic E-state index is 0.172. The number of aryl methyl sites for hydroxylation is 1. The number of ether oxygens (including phenoxy) is 1. The van der Waals surface area contributed by atoms with E-state index in [1.807, 2.05) is 48.7 Å². The average molecular weight is 303 g/mol. The van der Waals surface area contributed by atoms with Gasteiger partial charge >= 0.3 is 0 Å². The molecule has 22 heavy (non-hydrogen) atoms. The molecule has 1 saturated heterocycles. The largest absolute Gasteiger partial charge is 0.384 e. The molecule has 5 heteroatoms. The van der Waals surface area contributed by atoms with Crippen LogP contribution < -0.4 is 0 Å². The van der Waals surface area contributed by atoms with E-state index in [0.29, 0.717) is 12.5 Å². The lowest BCUT2D eigenvalue weighted by molar-refractivity contribution is -0.139. The smallest absolute Gasteiger partial charge is 0.242 e. The van der Waals surface area contributed by atoms with Gasteiger partial charge in [-0.3, -0.25) is 9.78 Å². The Morgan fingerprint density at radius 2 is 2.14 bits per heavy atom. The van der Waals surface area contributed by atoms with Crippen molar-refractivity contribution in [1.82, 2.24) is 14.5 Å². The number of hydrogen-bond donors (Lipinski definition) is 0. The van der Waals surface area contributed by atoms with Crippen molar-refractivity contribution in [2.45, 2.75) is 27.3 Å². The fourth-order valence-corrected chi connectivity index (χ4v) is 2.81. The van der Waals surface area contributed by atoms with Gasteiger partial charge in [0.2, 0.25) is 5.91 Å². The minimum atomic E-state index is 0.172. The third-order valence-corrected chi connectivity index (χ3v) is 3.90. The van der Waals surface area contributed by atoms with Gasteiger partial charge < -0.3 is 14.2 Å². The summed E-state index contributed by atoms with van der Waals surface area (Å²) in [6.45, 7) is 8.80. The highest BCUT2D eigenvalue weighted by Gasteiger charge is 2.30. The van der Waals surface area contributed by atoms with Gasteiger partial charge in [0.1, 0.15) is 6.54 Å². The highest BCUT2D eigenvalue weighted by Crippen LogP contribution is 2.21. The van der Waals surface area contributed by atoms with E-state index in [-0.39, 0.29) is 5.91 Å². The number of methoxy groups -OCH3 is 1. The summed E-state index contributed by atoms with van der Waals surface area (Å²) in [6.07, 6.45) is 5.64. The Bertz CT molecular complexity index is 630. The number of amides is 1. The van der Waals surface area contributed by atoms with Gasteiger partial charge in [-0.05, 0) is 18.6 Å². The molecule has 1 amide bonds. The molecular formula is C17H25N3O2. The van der Waals surface area contributed by atoms with Crippen LogP contribution in [-0.2, 0) is 16.1 Å². The second-order valence-corrected chi connectivity index (χ2v) is 5.45. The van der Waals surface area contributed by atoms with E-state index in [0.717, 1.165) is 36.2 Å². The predicted octanol–water partition coefficient (Wildman–Crippen LogP) is 2.48. The summed E-state index contributed by atoms with van der Waals surface area (Å²) in [4.78, 5) is 18.3. The number of pyridine rings is 1. The van der Waals surface area contributed by atoms with Crippen molar-refractivity contribution in [3.05, 3.63) is 30.2 Å². The van der Waals surface area contributed by atoms with Crippen LogP contribution in [0, 0.1) is 12.8 Å². The monoisotopic (exact) mass is 303 g/mol. The van der Waals surface area contributed by atoms with Crippen LogP contribution in [0.1, 0.15) is 19.4 Å². The van der Waals surface area contributed by atoms with Crippen LogP contribution >= 0.6 is 0 Å². The van der Waals surface area contributed by atoms with E-state index in [2.05, 4.69) is 4.98 Å². The second kappa shape index (κ2) is 7.40. The average Bonchev–Trinajstić information content (AvgIpc) is 2.81. The molecule has 0 atom stereocenters. The molecule has 5 nitrogen and oxygen atoms in total. The van der Waals surface area contributed by atoms with Gasteiger partial charge in [0.15, 0.2) is 0 Å². The second-order valence-electron chi connectivity index (χ2n) is 5.45. The van der Waals surface area contributed by atoms with Gasteiger partial charge in [0, 0.05) is 50.1 Å². The topological polar surface area (TPSA) is 47.4 Å². The summed E-state index contributed by atoms with van der Waals surface area (Å²) in [5.74, 6) is 0.669. The molecule has 2 aromatic heterocycles. The molecule has 0 aliphatic carbocycles. The van der Waals surface area contributed by atoms with Crippen molar-refractivity contribution >= 4 is 16.8 Å². The van der Waals surface area contributed by atoms with Crippen molar-refractivity contribution in [3.8, 4) is 0 Å². The molecule has 1 aliphatic heterocycles. The van der Waals surface area contributed by atoms with Crippen LogP contribution in [0.5, 0.6) is 0 Å². The quantitative estimate of drug-likeness (QED) is 0.872. The Labute approximate surface area is 131 Å². The van der Waals surface area contributed by atoms with E-state index in [4.69, 9.17) is 4.74 Å². The fourth-order valence-electron chi connectivity index (χ4n) is 2.81. The van der Waals surface area contributed by atoms with Crippen LogP contribution in [0.2, 0.25) is 0 Å². The fraction of sp³-hybridized carbons (Fsp3) is 0.529. The summed E-state index contributed by atoms with van der Waals surface area (Å²) < 4.78 is 7.12. The summed E-state index contributed by atoms with van der Waals surface area (Å²) in [5, 5.41) is 1.11. The number of carbonyl (C=O) groups excluding carboxylic acids is 1. The first-order valence-electron chi connectivity index (χ1n) is 7.85. The Balaban J connectivity index is 0.000000847. The van der Waals surface area contributed by atoms with E-state index < -0.39 is 0 Å². The molecule has 0 unspecified atom stereocenters. The van der Waals surface area contributed by atoms with Crippen LogP contribution in [0.3, 0.4) is 0 Å². The number of rotatable bonds is 4. The van der Waals surface area contributed by atoms with Crippen molar-refractivity contribution in [2.75, 3.05) is 26.8 Å². The number of carbonyl (C=O) groups is 1. The van der Waals surface area contributed by atoms with Crippen LogP contribution in [0.25, 0.3) is 10.9 Å². The number of likely N-dealkylation sites (tertiary alicyclic amines) is 1. The standard InChI is InChI=1S/C15H19N3O2.C2H6/c1-11-6-17(14-3-4-16-5-13(11)14)9-15(19)18-7-12(8-18)10-20-2;1-2/h3-6,12H,7-10H2,1-2H3;1-2H3. The van der Waals surface area contributed by atoms with Crippen LogP contribution in [0.15, 0.2) is 24.7 Å². The van der Waals surface area contributed by atoms with Crippen LogP contribution in [0.4, 0.5) is 0 Å². The van der Waals surface area contributed by atoms with Crippen molar-refractivity contribution in [1.29, 1.82) is 0 Å². The highest BCUT2D eigenvalue weighted by molar-refractivity contribution is 5.85. The molecule has 0 N–H and O–H groups in total. The lowest BCUT2D eigenvalue weighted by Gasteiger charge is -2.39. The van der Waals surface area contributed by atoms with Crippen molar-refractivity contribution in [2.24, 2.45) is 5.92 Å². The normalized spacial score (nSPS) is 14.5. The Kier molecular flexibility index (Phi) is 5.55. The summed E-state index contributed by atoms with van der Waals surface area (Å²) >= 11 is 0. The van der Waals surface area contributed by atoms with Gasteiger partial charge in [0.05, 0.1) is 12.1 Å². The van der Waals surface area contributed by atoms with Crippen molar-refractivity contribution < 1.29 is 9.53 Å². The summed E-state index contributed by atoms with van der Waals surface area (Å²) in [5.41, 5.74) is 2.22. The van der Waals surface area contributed by atoms with Gasteiger partial charge in [0.25, 0.3) is 0 Å². The zero-order valence-electron chi connectivity index (χ0n) is 13.9. The molecule has 1 aliphatic rings. The zero-order chi connectivity index (χ0) is 16.1. The maximum Gasteiger partial charge on any atom is 0.242 e. The van der Waals surface area contributed by atoms with E-state index in [1.54, 1.807) is 13.3 Å². The van der Waals surface area contributed by atoms with Gasteiger partial charge in [-0.1, -0.05) is 13.8 Å². The zero-order valence-corrected chi connectivity index (χ0v) is 13.9. The SMILES string of the molecule is CC.COCC1CN(C(=O)Cn2cc(C)c3cnccc32)C1. The van der Waals surface area contributed by atoms with E-state index in [1.165, 1.54) is 0 Å². The Morgan fingerprint density at radius 1 is 1.41 bits per heavy atom. The first-order chi connectivity index (χ1) is 10.7. The molecule has 2 aromatic rings. The molecule has 0 saturated carbocycles. The molecule has 0 spiro atoms. The van der Waals surface area contributed by atoms with Crippen LogP contribution in [-0.4, -0.2) is 47.2 Å². The molecular weight excluding hydrogens is 278 g/mol. The third kappa shape index (κ3) is 3.30. The maximum atomic E-state index is 12.2. The molecule has 0 aromatic carbocycles. The summed E-state index contributed by atoms with van der Waals surface area (Å²) in [7, 11) is 1.70. The Morgan fingerprint density at radius 3 is 2.82 bits per heavy atom. The maximum absolute atomic E-state index is 12.2. The van der Waals surface area contributed by atoms with Gasteiger partial charge in [-0.2, -0.15) is 0 Å². The lowest BCUT2D eigenvalue weighted by Crippen LogP contribution is -2.52.